The summed E-state index contributed by atoms with van der Waals surface area (Å²) in [4.78, 5) is 2.94. The Morgan fingerprint density at radius 2 is 2.20 bits per heavy atom. The van der Waals surface area contributed by atoms with E-state index in [1.54, 1.807) is 5.38 Å². The van der Waals surface area contributed by atoms with Crippen LogP contribution in [0.5, 0.6) is 5.75 Å². The fourth-order valence-electron chi connectivity index (χ4n) is 2.77. The topological polar surface area (TPSA) is 68.3 Å². The molecule has 0 amide bonds. The lowest BCUT2D eigenvalue weighted by Crippen LogP contribution is -2.35. The monoisotopic (exact) mass is 388 g/mol. The zero-order chi connectivity index (χ0) is 18.2. The molecule has 0 radical (unpaired) electrons. The molecule has 0 bridgehead atoms. The minimum Gasteiger partial charge on any atom is -0.486 e. The second-order valence-electron chi connectivity index (χ2n) is 6.29. The number of nitrogens with zero attached hydrogens (tertiary/aromatic N) is 1. The lowest BCUT2D eigenvalue weighted by atomic mass is 10.1. The van der Waals surface area contributed by atoms with Crippen molar-refractivity contribution in [2.45, 2.75) is 36.5 Å². The Morgan fingerprint density at radius 3 is 2.80 bits per heavy atom. The number of sulfone groups is 1. The third kappa shape index (κ3) is 3.68. The van der Waals surface area contributed by atoms with E-state index in [1.165, 1.54) is 13.1 Å². The van der Waals surface area contributed by atoms with Crippen molar-refractivity contribution in [3.05, 3.63) is 39.8 Å². The third-order valence-electron chi connectivity index (χ3n) is 4.17. The highest BCUT2D eigenvalue weighted by atomic mass is 32.2. The van der Waals surface area contributed by atoms with E-state index in [2.05, 4.69) is 10.3 Å². The molecule has 25 heavy (non-hydrogen) atoms. The molecule has 0 saturated carbocycles. The van der Waals surface area contributed by atoms with E-state index in [1.807, 2.05) is 6.92 Å². The van der Waals surface area contributed by atoms with Gasteiger partial charge in [-0.1, -0.05) is 0 Å². The van der Waals surface area contributed by atoms with Crippen LogP contribution in [0, 0.1) is 18.6 Å². The fourth-order valence-corrected chi connectivity index (χ4v) is 5.23. The van der Waals surface area contributed by atoms with E-state index in [0.29, 0.717) is 13.0 Å². The smallest absolute Gasteiger partial charge is 0.190 e. The molecule has 1 saturated heterocycles. The van der Waals surface area contributed by atoms with Gasteiger partial charge in [-0.15, -0.1) is 11.3 Å². The maximum Gasteiger partial charge on any atom is 0.190 e. The first kappa shape index (κ1) is 18.2. The summed E-state index contributed by atoms with van der Waals surface area (Å²) < 4.78 is 59.9. The van der Waals surface area contributed by atoms with Crippen LogP contribution < -0.4 is 10.1 Å². The predicted molar refractivity (Wildman–Crippen MR) is 90.6 cm³/mol. The van der Waals surface area contributed by atoms with E-state index < -0.39 is 37.7 Å². The Hall–Kier alpha value is -1.58. The SMILES string of the molecule is Cc1c(OC2(C)CCNC2)cc(F)c(S(=O)(=O)Cc2nccs2)c1F. The van der Waals surface area contributed by atoms with Crippen molar-refractivity contribution < 1.29 is 21.9 Å². The van der Waals surface area contributed by atoms with Crippen LogP contribution in [-0.2, 0) is 15.6 Å². The number of nitrogens with one attached hydrogen (secondary N) is 1. The van der Waals surface area contributed by atoms with Crippen molar-refractivity contribution in [1.82, 2.24) is 10.3 Å². The molecule has 1 unspecified atom stereocenters. The van der Waals surface area contributed by atoms with Gasteiger partial charge in [0.05, 0.1) is 0 Å². The van der Waals surface area contributed by atoms with Crippen LogP contribution in [-0.4, -0.2) is 32.1 Å². The Labute approximate surface area is 149 Å². The van der Waals surface area contributed by atoms with E-state index in [9.17, 15) is 17.2 Å². The summed E-state index contributed by atoms with van der Waals surface area (Å²) in [6.45, 7) is 4.54. The maximum atomic E-state index is 14.7. The fraction of sp³-hybridized carbons (Fsp3) is 0.438. The zero-order valence-electron chi connectivity index (χ0n) is 13.8. The third-order valence-corrected chi connectivity index (χ3v) is 6.78. The number of hydrogen-bond donors (Lipinski definition) is 1. The van der Waals surface area contributed by atoms with Gasteiger partial charge in [-0.3, -0.25) is 0 Å². The second kappa shape index (κ2) is 6.62. The van der Waals surface area contributed by atoms with Gasteiger partial charge < -0.3 is 10.1 Å². The number of rotatable bonds is 5. The van der Waals surface area contributed by atoms with Gasteiger partial charge in [0.2, 0.25) is 0 Å². The van der Waals surface area contributed by atoms with E-state index >= 15 is 0 Å². The number of aromatic nitrogens is 1. The lowest BCUT2D eigenvalue weighted by Gasteiger charge is -2.26. The van der Waals surface area contributed by atoms with E-state index in [-0.39, 0.29) is 16.3 Å². The molecular formula is C16H18F2N2O3S2. The summed E-state index contributed by atoms with van der Waals surface area (Å²) >= 11 is 1.12. The Kier molecular flexibility index (Phi) is 4.82. The van der Waals surface area contributed by atoms with Gasteiger partial charge in [0, 0.05) is 36.2 Å². The first-order valence-electron chi connectivity index (χ1n) is 7.71. The van der Waals surface area contributed by atoms with Gasteiger partial charge in [-0.25, -0.2) is 22.2 Å². The molecule has 1 fully saturated rings. The highest BCUT2D eigenvalue weighted by molar-refractivity contribution is 7.90. The summed E-state index contributed by atoms with van der Waals surface area (Å²) in [5.41, 5.74) is -0.600. The minimum atomic E-state index is -4.20. The first-order valence-corrected chi connectivity index (χ1v) is 10.2. The summed E-state index contributed by atoms with van der Waals surface area (Å²) in [7, 11) is -4.20. The van der Waals surface area contributed by atoms with Crippen LogP contribution in [0.4, 0.5) is 8.78 Å². The molecule has 2 aromatic rings. The molecule has 2 heterocycles. The molecule has 1 aromatic carbocycles. The van der Waals surface area contributed by atoms with Crippen LogP contribution in [0.1, 0.15) is 23.9 Å². The number of halogens is 2. The zero-order valence-corrected chi connectivity index (χ0v) is 15.4. The molecule has 1 aliphatic rings. The van der Waals surface area contributed by atoms with Gasteiger partial charge >= 0.3 is 0 Å². The van der Waals surface area contributed by atoms with Crippen molar-refractivity contribution in [2.24, 2.45) is 0 Å². The van der Waals surface area contributed by atoms with Crippen LogP contribution in [0.25, 0.3) is 0 Å². The molecule has 0 spiro atoms. The van der Waals surface area contributed by atoms with Crippen LogP contribution in [0.2, 0.25) is 0 Å². The van der Waals surface area contributed by atoms with Crippen molar-refractivity contribution in [2.75, 3.05) is 13.1 Å². The quantitative estimate of drug-likeness (QED) is 0.853. The first-order chi connectivity index (χ1) is 11.7. The minimum absolute atomic E-state index is 0.0211. The predicted octanol–water partition coefficient (Wildman–Crippen LogP) is 2.83. The second-order valence-corrected chi connectivity index (χ2v) is 9.19. The average Bonchev–Trinajstić information content (AvgIpc) is 3.16. The molecule has 9 heteroatoms. The average molecular weight is 388 g/mol. The molecule has 1 aromatic heterocycles. The van der Waals surface area contributed by atoms with Crippen LogP contribution >= 0.6 is 11.3 Å². The van der Waals surface area contributed by atoms with Crippen LogP contribution in [0.15, 0.2) is 22.5 Å². The standard InChI is InChI=1S/C16H18F2N2O3S2/c1-10-12(23-16(2)3-4-19-9-16)7-11(17)15(14(10)18)25(21,22)8-13-20-5-6-24-13/h5-7,19H,3-4,8-9H2,1-2H3. The highest BCUT2D eigenvalue weighted by Crippen LogP contribution is 2.34. The summed E-state index contributed by atoms with van der Waals surface area (Å²) in [5.74, 6) is -2.78. The van der Waals surface area contributed by atoms with Gasteiger partial charge in [0.1, 0.15) is 32.8 Å². The molecule has 136 valence electrons. The number of benzene rings is 1. The van der Waals surface area contributed by atoms with Gasteiger partial charge in [-0.2, -0.15) is 0 Å². The lowest BCUT2D eigenvalue weighted by molar-refractivity contribution is 0.108. The largest absolute Gasteiger partial charge is 0.486 e. The van der Waals surface area contributed by atoms with Gasteiger partial charge in [0.25, 0.3) is 0 Å². The Morgan fingerprint density at radius 1 is 1.44 bits per heavy atom. The Bertz CT molecular complexity index is 877. The van der Waals surface area contributed by atoms with Gasteiger partial charge in [-0.05, 0) is 20.4 Å². The Balaban J connectivity index is 1.98. The van der Waals surface area contributed by atoms with Gasteiger partial charge in [0.15, 0.2) is 15.7 Å². The number of ether oxygens (including phenoxy) is 1. The summed E-state index contributed by atoms with van der Waals surface area (Å²) in [6, 6.07) is 0.955. The normalized spacial score (nSPS) is 20.8. The number of thiazole rings is 1. The highest BCUT2D eigenvalue weighted by Gasteiger charge is 2.34. The molecule has 5 nitrogen and oxygen atoms in total. The van der Waals surface area contributed by atoms with Crippen molar-refractivity contribution in [3.63, 3.8) is 0 Å². The number of hydrogen-bond acceptors (Lipinski definition) is 6. The molecule has 1 atom stereocenters. The summed E-state index contributed by atoms with van der Waals surface area (Å²) in [6.07, 6.45) is 2.14. The van der Waals surface area contributed by atoms with Crippen LogP contribution in [0.3, 0.4) is 0 Å². The molecular weight excluding hydrogens is 370 g/mol. The van der Waals surface area contributed by atoms with E-state index in [4.69, 9.17) is 4.74 Å². The molecule has 3 rings (SSSR count). The van der Waals surface area contributed by atoms with Crippen molar-refractivity contribution >= 4 is 21.2 Å². The van der Waals surface area contributed by atoms with E-state index in [0.717, 1.165) is 23.9 Å². The molecule has 1 N–H and O–H groups in total. The van der Waals surface area contributed by atoms with Crippen molar-refractivity contribution in [1.29, 1.82) is 0 Å². The molecule has 0 aliphatic carbocycles. The summed E-state index contributed by atoms with van der Waals surface area (Å²) in [5, 5.41) is 5.01. The maximum absolute atomic E-state index is 14.7. The van der Waals surface area contributed by atoms with Crippen molar-refractivity contribution in [3.8, 4) is 5.75 Å². The molecule has 1 aliphatic heterocycles.